The molecular weight excluding hydrogens is 164 g/mol. The minimum Gasteiger partial charge on any atom is -0.273 e. The van der Waals surface area contributed by atoms with Crippen molar-refractivity contribution in [3.63, 3.8) is 0 Å². The highest BCUT2D eigenvalue weighted by Gasteiger charge is 2.04. The van der Waals surface area contributed by atoms with E-state index in [-0.39, 0.29) is 5.91 Å². The molecule has 1 rings (SSSR count). The molecule has 0 spiro atoms. The standard InChI is InChI=1S/C10H12N2O/c1-2-10(13)12(11)8-9-6-4-3-5-7-9/h2-7H,1,8,11H2. The maximum atomic E-state index is 11.0. The first kappa shape index (κ1) is 9.48. The fourth-order valence-electron chi connectivity index (χ4n) is 0.975. The second-order valence-corrected chi connectivity index (χ2v) is 2.66. The molecule has 1 amide bonds. The van der Waals surface area contributed by atoms with Crippen LogP contribution in [0.4, 0.5) is 0 Å². The molecule has 0 saturated heterocycles. The molecule has 0 aliphatic heterocycles. The smallest absolute Gasteiger partial charge is 0.260 e. The molecule has 68 valence electrons. The lowest BCUT2D eigenvalue weighted by atomic mass is 10.2. The van der Waals surface area contributed by atoms with Gasteiger partial charge in [0, 0.05) is 0 Å². The molecule has 0 aromatic heterocycles. The summed E-state index contributed by atoms with van der Waals surface area (Å²) in [5, 5.41) is 1.13. The molecule has 3 nitrogen and oxygen atoms in total. The van der Waals surface area contributed by atoms with Gasteiger partial charge in [-0.2, -0.15) is 0 Å². The maximum absolute atomic E-state index is 11.0. The van der Waals surface area contributed by atoms with E-state index in [9.17, 15) is 4.79 Å². The Morgan fingerprint density at radius 2 is 2.08 bits per heavy atom. The largest absolute Gasteiger partial charge is 0.273 e. The van der Waals surface area contributed by atoms with Crippen molar-refractivity contribution in [2.45, 2.75) is 6.54 Å². The van der Waals surface area contributed by atoms with Crippen LogP contribution < -0.4 is 5.84 Å². The Balaban J connectivity index is 2.60. The number of nitrogens with zero attached hydrogens (tertiary/aromatic N) is 1. The van der Waals surface area contributed by atoms with Crippen LogP contribution in [0, 0.1) is 0 Å². The van der Waals surface area contributed by atoms with Gasteiger partial charge in [0.25, 0.3) is 5.91 Å². The van der Waals surface area contributed by atoms with E-state index in [1.807, 2.05) is 30.3 Å². The van der Waals surface area contributed by atoms with Gasteiger partial charge in [0.05, 0.1) is 6.54 Å². The summed E-state index contributed by atoms with van der Waals surface area (Å²) in [5.41, 5.74) is 1.00. The minimum absolute atomic E-state index is 0.274. The summed E-state index contributed by atoms with van der Waals surface area (Å²) in [7, 11) is 0. The molecule has 0 saturated carbocycles. The number of hydrogen-bond donors (Lipinski definition) is 1. The van der Waals surface area contributed by atoms with Gasteiger partial charge in [-0.25, -0.2) is 5.84 Å². The van der Waals surface area contributed by atoms with E-state index in [0.717, 1.165) is 10.6 Å². The van der Waals surface area contributed by atoms with E-state index in [1.165, 1.54) is 6.08 Å². The van der Waals surface area contributed by atoms with Crippen molar-refractivity contribution < 1.29 is 4.79 Å². The van der Waals surface area contributed by atoms with Crippen LogP contribution in [-0.2, 0) is 11.3 Å². The average Bonchev–Trinajstić information content (AvgIpc) is 2.18. The molecule has 0 fully saturated rings. The molecule has 0 bridgehead atoms. The number of hydrazine groups is 1. The van der Waals surface area contributed by atoms with Gasteiger partial charge in [0.1, 0.15) is 0 Å². The number of hydrogen-bond acceptors (Lipinski definition) is 2. The normalized spacial score (nSPS) is 9.31. The van der Waals surface area contributed by atoms with Crippen LogP contribution in [0.2, 0.25) is 0 Å². The summed E-state index contributed by atoms with van der Waals surface area (Å²) in [4.78, 5) is 11.0. The third-order valence-electron chi connectivity index (χ3n) is 1.65. The van der Waals surface area contributed by atoms with Crippen LogP contribution in [-0.4, -0.2) is 10.9 Å². The van der Waals surface area contributed by atoms with Crippen molar-refractivity contribution >= 4 is 5.91 Å². The number of nitrogens with two attached hydrogens (primary N) is 1. The Hall–Kier alpha value is -1.61. The Bertz CT molecular complexity index is 295. The van der Waals surface area contributed by atoms with Gasteiger partial charge in [0.2, 0.25) is 0 Å². The van der Waals surface area contributed by atoms with Gasteiger partial charge in [-0.05, 0) is 11.6 Å². The van der Waals surface area contributed by atoms with E-state index in [1.54, 1.807) is 0 Å². The van der Waals surface area contributed by atoms with Crippen molar-refractivity contribution in [3.05, 3.63) is 48.6 Å². The van der Waals surface area contributed by atoms with Crippen LogP contribution in [0.3, 0.4) is 0 Å². The summed E-state index contributed by atoms with van der Waals surface area (Å²) in [6, 6.07) is 9.55. The zero-order valence-corrected chi connectivity index (χ0v) is 7.31. The SMILES string of the molecule is C=CC(=O)N(N)Cc1ccccc1. The average molecular weight is 176 g/mol. The first-order valence-corrected chi connectivity index (χ1v) is 3.96. The summed E-state index contributed by atoms with van der Waals surface area (Å²) in [5.74, 6) is 5.20. The molecular formula is C10H12N2O. The fourth-order valence-corrected chi connectivity index (χ4v) is 0.975. The van der Waals surface area contributed by atoms with Gasteiger partial charge < -0.3 is 0 Å². The predicted molar refractivity (Wildman–Crippen MR) is 51.4 cm³/mol. The van der Waals surface area contributed by atoms with Crippen LogP contribution >= 0.6 is 0 Å². The summed E-state index contributed by atoms with van der Waals surface area (Å²) in [6.07, 6.45) is 1.20. The molecule has 0 aliphatic rings. The highest BCUT2D eigenvalue weighted by atomic mass is 16.2. The molecule has 1 aromatic rings. The van der Waals surface area contributed by atoms with Crippen molar-refractivity contribution in [2.75, 3.05) is 0 Å². The second-order valence-electron chi connectivity index (χ2n) is 2.66. The Labute approximate surface area is 77.4 Å². The topological polar surface area (TPSA) is 46.3 Å². The summed E-state index contributed by atoms with van der Waals surface area (Å²) < 4.78 is 0. The number of carbonyl (C=O) groups is 1. The lowest BCUT2D eigenvalue weighted by molar-refractivity contribution is -0.126. The van der Waals surface area contributed by atoms with Gasteiger partial charge in [0.15, 0.2) is 0 Å². The van der Waals surface area contributed by atoms with E-state index in [2.05, 4.69) is 6.58 Å². The third kappa shape index (κ3) is 2.72. The van der Waals surface area contributed by atoms with Crippen LogP contribution in [0.1, 0.15) is 5.56 Å². The Kier molecular flexibility index (Phi) is 3.23. The number of carbonyl (C=O) groups excluding carboxylic acids is 1. The first-order chi connectivity index (χ1) is 6.24. The van der Waals surface area contributed by atoms with Crippen molar-refractivity contribution in [3.8, 4) is 0 Å². The van der Waals surface area contributed by atoms with Crippen molar-refractivity contribution in [1.29, 1.82) is 0 Å². The molecule has 13 heavy (non-hydrogen) atoms. The molecule has 0 heterocycles. The highest BCUT2D eigenvalue weighted by molar-refractivity contribution is 5.86. The van der Waals surface area contributed by atoms with Gasteiger partial charge in [-0.3, -0.25) is 9.80 Å². The van der Waals surface area contributed by atoms with Gasteiger partial charge in [-0.1, -0.05) is 36.9 Å². The fraction of sp³-hybridized carbons (Fsp3) is 0.100. The van der Waals surface area contributed by atoms with Gasteiger partial charge >= 0.3 is 0 Å². The van der Waals surface area contributed by atoms with Crippen LogP contribution in [0.15, 0.2) is 43.0 Å². The number of rotatable bonds is 3. The second kappa shape index (κ2) is 4.42. The third-order valence-corrected chi connectivity index (χ3v) is 1.65. The van der Waals surface area contributed by atoms with Crippen molar-refractivity contribution in [1.82, 2.24) is 5.01 Å². The van der Waals surface area contributed by atoms with Gasteiger partial charge in [-0.15, -0.1) is 0 Å². The Morgan fingerprint density at radius 1 is 1.46 bits per heavy atom. The zero-order chi connectivity index (χ0) is 9.68. The molecule has 0 radical (unpaired) electrons. The Morgan fingerprint density at radius 3 is 2.62 bits per heavy atom. The maximum Gasteiger partial charge on any atom is 0.260 e. The number of amides is 1. The summed E-state index contributed by atoms with van der Waals surface area (Å²) in [6.45, 7) is 3.76. The molecule has 0 unspecified atom stereocenters. The minimum atomic E-state index is -0.274. The monoisotopic (exact) mass is 176 g/mol. The quantitative estimate of drug-likeness (QED) is 0.324. The lowest BCUT2D eigenvalue weighted by Gasteiger charge is -2.13. The van der Waals surface area contributed by atoms with Crippen LogP contribution in [0.25, 0.3) is 0 Å². The molecule has 1 aromatic carbocycles. The van der Waals surface area contributed by atoms with E-state index in [4.69, 9.17) is 5.84 Å². The molecule has 0 aliphatic carbocycles. The zero-order valence-electron chi connectivity index (χ0n) is 7.31. The first-order valence-electron chi connectivity index (χ1n) is 3.96. The molecule has 0 atom stereocenters. The summed E-state index contributed by atoms with van der Waals surface area (Å²) >= 11 is 0. The molecule has 2 N–H and O–H groups in total. The van der Waals surface area contributed by atoms with E-state index < -0.39 is 0 Å². The highest BCUT2D eigenvalue weighted by Crippen LogP contribution is 2.01. The van der Waals surface area contributed by atoms with Crippen LogP contribution in [0.5, 0.6) is 0 Å². The van der Waals surface area contributed by atoms with Crippen molar-refractivity contribution in [2.24, 2.45) is 5.84 Å². The lowest BCUT2D eigenvalue weighted by Crippen LogP contribution is -2.35. The predicted octanol–water partition coefficient (Wildman–Crippen LogP) is 1.07. The van der Waals surface area contributed by atoms with E-state index in [0.29, 0.717) is 6.54 Å². The van der Waals surface area contributed by atoms with E-state index >= 15 is 0 Å². The number of benzene rings is 1. The molecule has 3 heteroatoms.